The number of halogens is 1. The van der Waals surface area contributed by atoms with Crippen molar-refractivity contribution in [3.05, 3.63) is 27.7 Å². The molecule has 0 saturated carbocycles. The van der Waals surface area contributed by atoms with Crippen molar-refractivity contribution < 1.29 is 4.79 Å². The minimum absolute atomic E-state index is 0.0663. The molecular formula is C11H13BrN2O. The van der Waals surface area contributed by atoms with Gasteiger partial charge in [-0.3, -0.25) is 4.79 Å². The first kappa shape index (κ1) is 10.6. The van der Waals surface area contributed by atoms with Crippen LogP contribution in [-0.4, -0.2) is 12.5 Å². The molecular weight excluding hydrogens is 256 g/mol. The smallest absolute Gasteiger partial charge is 0.232 e. The summed E-state index contributed by atoms with van der Waals surface area (Å²) >= 11 is 3.44. The Kier molecular flexibility index (Phi) is 2.80. The highest BCUT2D eigenvalue weighted by molar-refractivity contribution is 9.10. The van der Waals surface area contributed by atoms with Crippen molar-refractivity contribution in [3.63, 3.8) is 0 Å². The SMILES string of the molecule is Cc1cc(Br)cc2c1NC(=O)C2CCN. The zero-order valence-electron chi connectivity index (χ0n) is 8.51. The molecule has 1 amide bonds. The monoisotopic (exact) mass is 268 g/mol. The van der Waals surface area contributed by atoms with Gasteiger partial charge in [0.2, 0.25) is 5.91 Å². The summed E-state index contributed by atoms with van der Waals surface area (Å²) in [5.41, 5.74) is 8.63. The number of carbonyl (C=O) groups is 1. The third-order valence-electron chi connectivity index (χ3n) is 2.73. The molecule has 3 N–H and O–H groups in total. The molecule has 0 bridgehead atoms. The fourth-order valence-corrected chi connectivity index (χ4v) is 2.61. The van der Waals surface area contributed by atoms with Crippen LogP contribution in [0.25, 0.3) is 0 Å². The minimum Gasteiger partial charge on any atom is -0.330 e. The lowest BCUT2D eigenvalue weighted by Gasteiger charge is -2.08. The summed E-state index contributed by atoms with van der Waals surface area (Å²) < 4.78 is 1.01. The van der Waals surface area contributed by atoms with Gasteiger partial charge in [0, 0.05) is 10.2 Å². The van der Waals surface area contributed by atoms with Crippen LogP contribution in [-0.2, 0) is 4.79 Å². The Hall–Kier alpha value is -0.870. The normalized spacial score (nSPS) is 18.9. The highest BCUT2D eigenvalue weighted by Crippen LogP contribution is 2.38. The van der Waals surface area contributed by atoms with E-state index in [9.17, 15) is 4.79 Å². The number of hydrogen-bond donors (Lipinski definition) is 2. The lowest BCUT2D eigenvalue weighted by atomic mass is 9.96. The topological polar surface area (TPSA) is 55.1 Å². The third kappa shape index (κ3) is 1.79. The van der Waals surface area contributed by atoms with E-state index in [1.807, 2.05) is 19.1 Å². The molecule has 1 unspecified atom stereocenters. The Labute approximate surface area is 97.2 Å². The van der Waals surface area contributed by atoms with Crippen LogP contribution in [0.2, 0.25) is 0 Å². The molecule has 2 rings (SSSR count). The first-order valence-corrected chi connectivity index (χ1v) is 5.73. The van der Waals surface area contributed by atoms with Gasteiger partial charge in [-0.05, 0) is 43.1 Å². The predicted molar refractivity (Wildman–Crippen MR) is 63.9 cm³/mol. The first-order valence-electron chi connectivity index (χ1n) is 4.94. The van der Waals surface area contributed by atoms with Crippen LogP contribution in [0.1, 0.15) is 23.5 Å². The zero-order chi connectivity index (χ0) is 11.0. The second-order valence-electron chi connectivity index (χ2n) is 3.81. The maximum absolute atomic E-state index is 11.7. The molecule has 0 radical (unpaired) electrons. The molecule has 80 valence electrons. The summed E-state index contributed by atoms with van der Waals surface area (Å²) in [5.74, 6) is -0.0159. The van der Waals surface area contributed by atoms with E-state index in [0.717, 1.165) is 21.3 Å². The molecule has 15 heavy (non-hydrogen) atoms. The van der Waals surface area contributed by atoms with Crippen LogP contribution in [0.5, 0.6) is 0 Å². The molecule has 1 atom stereocenters. The minimum atomic E-state index is -0.0822. The maximum Gasteiger partial charge on any atom is 0.232 e. The lowest BCUT2D eigenvalue weighted by molar-refractivity contribution is -0.117. The molecule has 3 nitrogen and oxygen atoms in total. The number of benzene rings is 1. The molecule has 1 heterocycles. The van der Waals surface area contributed by atoms with Crippen molar-refractivity contribution in [1.29, 1.82) is 0 Å². The molecule has 1 aliphatic heterocycles. The molecule has 0 spiro atoms. The van der Waals surface area contributed by atoms with Crippen molar-refractivity contribution in [1.82, 2.24) is 0 Å². The molecule has 0 fully saturated rings. The Morgan fingerprint density at radius 1 is 1.53 bits per heavy atom. The standard InChI is InChI=1S/C11H13BrN2O/c1-6-4-7(12)5-9-8(2-3-13)11(15)14-10(6)9/h4-5,8H,2-3,13H2,1H3,(H,14,15). The van der Waals surface area contributed by atoms with E-state index in [1.165, 1.54) is 0 Å². The van der Waals surface area contributed by atoms with Crippen molar-refractivity contribution in [2.24, 2.45) is 5.73 Å². The molecule has 1 aromatic carbocycles. The third-order valence-corrected chi connectivity index (χ3v) is 3.18. The van der Waals surface area contributed by atoms with Gasteiger partial charge in [0.15, 0.2) is 0 Å². The molecule has 0 aromatic heterocycles. The van der Waals surface area contributed by atoms with Crippen molar-refractivity contribution in [2.45, 2.75) is 19.3 Å². The van der Waals surface area contributed by atoms with Crippen molar-refractivity contribution in [3.8, 4) is 0 Å². The maximum atomic E-state index is 11.7. The van der Waals surface area contributed by atoms with Crippen LogP contribution in [0, 0.1) is 6.92 Å². The van der Waals surface area contributed by atoms with Gasteiger partial charge in [0.05, 0.1) is 5.92 Å². The lowest BCUT2D eigenvalue weighted by Crippen LogP contribution is -2.15. The summed E-state index contributed by atoms with van der Waals surface area (Å²) in [6.45, 7) is 2.53. The van der Waals surface area contributed by atoms with E-state index in [0.29, 0.717) is 13.0 Å². The van der Waals surface area contributed by atoms with Crippen LogP contribution in [0.15, 0.2) is 16.6 Å². The van der Waals surface area contributed by atoms with Gasteiger partial charge >= 0.3 is 0 Å². The quantitative estimate of drug-likeness (QED) is 0.864. The van der Waals surface area contributed by atoms with E-state index < -0.39 is 0 Å². The number of amides is 1. The van der Waals surface area contributed by atoms with Crippen LogP contribution in [0.3, 0.4) is 0 Å². The Morgan fingerprint density at radius 2 is 2.27 bits per heavy atom. The van der Waals surface area contributed by atoms with Gasteiger partial charge in [0.25, 0.3) is 0 Å². The second-order valence-corrected chi connectivity index (χ2v) is 4.72. The van der Waals surface area contributed by atoms with Crippen LogP contribution < -0.4 is 11.1 Å². The summed E-state index contributed by atoms with van der Waals surface area (Å²) in [6.07, 6.45) is 0.703. The number of fused-ring (bicyclic) bond motifs is 1. The van der Waals surface area contributed by atoms with E-state index >= 15 is 0 Å². The van der Waals surface area contributed by atoms with E-state index in [2.05, 4.69) is 21.2 Å². The zero-order valence-corrected chi connectivity index (χ0v) is 10.1. The average Bonchev–Trinajstić information content (AvgIpc) is 2.46. The van der Waals surface area contributed by atoms with Gasteiger partial charge in [-0.2, -0.15) is 0 Å². The highest BCUT2D eigenvalue weighted by Gasteiger charge is 2.30. The number of carbonyl (C=O) groups excluding carboxylic acids is 1. The largest absolute Gasteiger partial charge is 0.330 e. The number of anilines is 1. The van der Waals surface area contributed by atoms with E-state index in [-0.39, 0.29) is 11.8 Å². The predicted octanol–water partition coefficient (Wildman–Crippen LogP) is 2.14. The molecule has 4 heteroatoms. The number of nitrogens with one attached hydrogen (secondary N) is 1. The molecule has 0 aliphatic carbocycles. The summed E-state index contributed by atoms with van der Waals surface area (Å²) in [4.78, 5) is 11.7. The molecule has 1 aliphatic rings. The fraction of sp³-hybridized carbons (Fsp3) is 0.364. The number of aryl methyl sites for hydroxylation is 1. The van der Waals surface area contributed by atoms with Crippen LogP contribution in [0.4, 0.5) is 5.69 Å². The van der Waals surface area contributed by atoms with Gasteiger partial charge in [-0.15, -0.1) is 0 Å². The number of hydrogen-bond acceptors (Lipinski definition) is 2. The van der Waals surface area contributed by atoms with Gasteiger partial charge in [-0.1, -0.05) is 15.9 Å². The first-order chi connectivity index (χ1) is 7.13. The number of nitrogens with two attached hydrogens (primary N) is 1. The van der Waals surface area contributed by atoms with Gasteiger partial charge in [-0.25, -0.2) is 0 Å². The molecule has 0 saturated heterocycles. The Bertz CT molecular complexity index is 417. The van der Waals surface area contributed by atoms with Crippen molar-refractivity contribution >= 4 is 27.5 Å². The Balaban J connectivity index is 2.48. The fourth-order valence-electron chi connectivity index (χ4n) is 2.02. The van der Waals surface area contributed by atoms with Crippen LogP contribution >= 0.6 is 15.9 Å². The van der Waals surface area contributed by atoms with Gasteiger partial charge in [0.1, 0.15) is 0 Å². The Morgan fingerprint density at radius 3 is 2.93 bits per heavy atom. The van der Waals surface area contributed by atoms with Crippen molar-refractivity contribution in [2.75, 3.05) is 11.9 Å². The van der Waals surface area contributed by atoms with Gasteiger partial charge < -0.3 is 11.1 Å². The summed E-state index contributed by atoms with van der Waals surface area (Å²) in [6, 6.07) is 4.00. The highest BCUT2D eigenvalue weighted by atomic mass is 79.9. The summed E-state index contributed by atoms with van der Waals surface area (Å²) in [7, 11) is 0. The van der Waals surface area contributed by atoms with E-state index in [1.54, 1.807) is 0 Å². The number of rotatable bonds is 2. The molecule has 1 aromatic rings. The second kappa shape index (κ2) is 3.94. The summed E-state index contributed by atoms with van der Waals surface area (Å²) in [5, 5.41) is 2.91. The van der Waals surface area contributed by atoms with E-state index in [4.69, 9.17) is 5.73 Å². The average molecular weight is 269 g/mol.